The van der Waals surface area contributed by atoms with E-state index < -0.39 is 24.1 Å². The Kier molecular flexibility index (Phi) is 4.15. The number of aromatic amines is 1. The van der Waals surface area contributed by atoms with Gasteiger partial charge in [0.05, 0.1) is 11.3 Å². The molecule has 0 aliphatic heterocycles. The SMILES string of the molecule is Cc1n[nH]c(C)c1C(=O)Nc1ccc(OC(F)F)c(F)c1. The Morgan fingerprint density at radius 2 is 2.10 bits per heavy atom. The van der Waals surface area contributed by atoms with E-state index in [9.17, 15) is 18.0 Å². The largest absolute Gasteiger partial charge is 0.432 e. The maximum absolute atomic E-state index is 13.5. The van der Waals surface area contributed by atoms with Crippen molar-refractivity contribution >= 4 is 11.6 Å². The Morgan fingerprint density at radius 3 is 2.62 bits per heavy atom. The topological polar surface area (TPSA) is 67.0 Å². The Bertz CT molecular complexity index is 651. The number of rotatable bonds is 4. The molecule has 2 rings (SSSR count). The first kappa shape index (κ1) is 14.9. The van der Waals surface area contributed by atoms with Crippen molar-refractivity contribution in [1.29, 1.82) is 0 Å². The summed E-state index contributed by atoms with van der Waals surface area (Å²) in [5.41, 5.74) is 1.55. The van der Waals surface area contributed by atoms with Crippen molar-refractivity contribution in [3.8, 4) is 5.75 Å². The van der Waals surface area contributed by atoms with Crippen molar-refractivity contribution in [1.82, 2.24) is 10.2 Å². The van der Waals surface area contributed by atoms with E-state index >= 15 is 0 Å². The van der Waals surface area contributed by atoms with Crippen LogP contribution in [0.3, 0.4) is 0 Å². The summed E-state index contributed by atoms with van der Waals surface area (Å²) in [4.78, 5) is 12.0. The zero-order chi connectivity index (χ0) is 15.6. The summed E-state index contributed by atoms with van der Waals surface area (Å²) < 4.78 is 41.5. The molecule has 21 heavy (non-hydrogen) atoms. The summed E-state index contributed by atoms with van der Waals surface area (Å²) in [6, 6.07) is 3.19. The van der Waals surface area contributed by atoms with Crippen molar-refractivity contribution in [3.05, 3.63) is 41.0 Å². The van der Waals surface area contributed by atoms with Gasteiger partial charge in [-0.1, -0.05) is 0 Å². The molecular weight excluding hydrogens is 287 g/mol. The number of benzene rings is 1. The molecule has 2 aromatic rings. The standard InChI is InChI=1S/C13H12F3N3O2/c1-6-11(7(2)19-18-6)12(20)17-8-3-4-10(9(14)5-8)21-13(15)16/h3-5,13H,1-2H3,(H,17,20)(H,18,19). The number of amides is 1. The molecule has 0 fully saturated rings. The average Bonchev–Trinajstić information content (AvgIpc) is 2.72. The number of carbonyl (C=O) groups is 1. The molecule has 0 atom stereocenters. The van der Waals surface area contributed by atoms with Gasteiger partial charge in [0.25, 0.3) is 5.91 Å². The second kappa shape index (κ2) is 5.86. The average molecular weight is 299 g/mol. The third-order valence-corrected chi connectivity index (χ3v) is 2.76. The van der Waals surface area contributed by atoms with Crippen molar-refractivity contribution in [3.63, 3.8) is 0 Å². The summed E-state index contributed by atoms with van der Waals surface area (Å²) in [6.07, 6.45) is 0. The highest BCUT2D eigenvalue weighted by Gasteiger charge is 2.16. The Balaban J connectivity index is 2.17. The molecule has 0 bridgehead atoms. The third-order valence-electron chi connectivity index (χ3n) is 2.76. The molecule has 5 nitrogen and oxygen atoms in total. The second-order valence-corrected chi connectivity index (χ2v) is 4.29. The van der Waals surface area contributed by atoms with E-state index in [-0.39, 0.29) is 5.69 Å². The maximum atomic E-state index is 13.5. The van der Waals surface area contributed by atoms with Gasteiger partial charge in [-0.25, -0.2) is 4.39 Å². The van der Waals surface area contributed by atoms with Crippen LogP contribution in [0.15, 0.2) is 18.2 Å². The number of nitrogens with zero attached hydrogens (tertiary/aromatic N) is 1. The van der Waals surface area contributed by atoms with E-state index in [1.807, 2.05) is 0 Å². The summed E-state index contributed by atoms with van der Waals surface area (Å²) in [5.74, 6) is -2.05. The number of alkyl halides is 2. The van der Waals surface area contributed by atoms with Gasteiger partial charge in [-0.2, -0.15) is 13.9 Å². The van der Waals surface area contributed by atoms with Crippen LogP contribution in [0.4, 0.5) is 18.9 Å². The first-order valence-electron chi connectivity index (χ1n) is 5.95. The summed E-state index contributed by atoms with van der Waals surface area (Å²) in [5, 5.41) is 9.00. The number of anilines is 1. The van der Waals surface area contributed by atoms with E-state index in [4.69, 9.17) is 0 Å². The van der Waals surface area contributed by atoms with Gasteiger partial charge in [0.2, 0.25) is 0 Å². The predicted octanol–water partition coefficient (Wildman–Crippen LogP) is 3.02. The Morgan fingerprint density at radius 1 is 1.38 bits per heavy atom. The first-order chi connectivity index (χ1) is 9.88. The van der Waals surface area contributed by atoms with E-state index in [2.05, 4.69) is 20.3 Å². The number of aryl methyl sites for hydroxylation is 2. The number of aromatic nitrogens is 2. The summed E-state index contributed by atoms with van der Waals surface area (Å²) >= 11 is 0. The van der Waals surface area contributed by atoms with Crippen LogP contribution >= 0.6 is 0 Å². The van der Waals surface area contributed by atoms with Crippen molar-refractivity contribution in [2.75, 3.05) is 5.32 Å². The molecule has 1 amide bonds. The molecule has 0 aliphatic carbocycles. The van der Waals surface area contributed by atoms with Gasteiger partial charge in [-0.3, -0.25) is 9.89 Å². The van der Waals surface area contributed by atoms with Gasteiger partial charge in [0.1, 0.15) is 0 Å². The Hall–Kier alpha value is -2.51. The normalized spacial score (nSPS) is 10.8. The predicted molar refractivity (Wildman–Crippen MR) is 69.0 cm³/mol. The van der Waals surface area contributed by atoms with Crippen LogP contribution in [-0.2, 0) is 0 Å². The van der Waals surface area contributed by atoms with E-state index in [0.29, 0.717) is 17.0 Å². The van der Waals surface area contributed by atoms with Crippen LogP contribution in [-0.4, -0.2) is 22.7 Å². The van der Waals surface area contributed by atoms with Crippen LogP contribution in [0.1, 0.15) is 21.7 Å². The van der Waals surface area contributed by atoms with Crippen molar-refractivity contribution in [2.45, 2.75) is 20.5 Å². The number of carbonyl (C=O) groups excluding carboxylic acids is 1. The molecule has 0 saturated carbocycles. The lowest BCUT2D eigenvalue weighted by Gasteiger charge is -2.09. The molecule has 8 heteroatoms. The minimum atomic E-state index is -3.11. The lowest BCUT2D eigenvalue weighted by Crippen LogP contribution is -2.14. The lowest BCUT2D eigenvalue weighted by molar-refractivity contribution is -0.0521. The number of H-pyrrole nitrogens is 1. The van der Waals surface area contributed by atoms with Gasteiger partial charge in [0.15, 0.2) is 11.6 Å². The number of ether oxygens (including phenoxy) is 1. The zero-order valence-electron chi connectivity index (χ0n) is 11.2. The van der Waals surface area contributed by atoms with Gasteiger partial charge in [-0.15, -0.1) is 0 Å². The summed E-state index contributed by atoms with van der Waals surface area (Å²) in [6.45, 7) is 0.212. The smallest absolute Gasteiger partial charge is 0.387 e. The molecular formula is C13H12F3N3O2. The molecule has 0 saturated heterocycles. The van der Waals surface area contributed by atoms with Crippen LogP contribution in [0.2, 0.25) is 0 Å². The fraction of sp³-hybridized carbons (Fsp3) is 0.231. The Labute approximate surface area is 118 Å². The van der Waals surface area contributed by atoms with Crippen LogP contribution in [0.5, 0.6) is 5.75 Å². The number of hydrogen-bond acceptors (Lipinski definition) is 3. The monoisotopic (exact) mass is 299 g/mol. The van der Waals surface area contributed by atoms with E-state index in [1.165, 1.54) is 6.07 Å². The van der Waals surface area contributed by atoms with Crippen molar-refractivity contribution < 1.29 is 22.7 Å². The molecule has 0 unspecified atom stereocenters. The lowest BCUT2D eigenvalue weighted by atomic mass is 10.2. The van der Waals surface area contributed by atoms with Gasteiger partial charge >= 0.3 is 6.61 Å². The number of halogens is 3. The minimum Gasteiger partial charge on any atom is -0.432 e. The molecule has 0 radical (unpaired) electrons. The highest BCUT2D eigenvalue weighted by Crippen LogP contribution is 2.23. The van der Waals surface area contributed by atoms with Gasteiger partial charge in [0, 0.05) is 17.4 Å². The third kappa shape index (κ3) is 3.33. The molecule has 112 valence electrons. The molecule has 0 spiro atoms. The maximum Gasteiger partial charge on any atom is 0.387 e. The highest BCUT2D eigenvalue weighted by atomic mass is 19.3. The fourth-order valence-electron chi connectivity index (χ4n) is 1.85. The number of hydrogen-bond donors (Lipinski definition) is 2. The molecule has 0 aliphatic rings. The highest BCUT2D eigenvalue weighted by molar-refractivity contribution is 6.05. The van der Waals surface area contributed by atoms with Gasteiger partial charge in [-0.05, 0) is 26.0 Å². The zero-order valence-corrected chi connectivity index (χ0v) is 11.2. The first-order valence-corrected chi connectivity index (χ1v) is 5.95. The summed E-state index contributed by atoms with van der Waals surface area (Å²) in [7, 11) is 0. The van der Waals surface area contributed by atoms with Gasteiger partial charge < -0.3 is 10.1 Å². The minimum absolute atomic E-state index is 0.124. The quantitative estimate of drug-likeness (QED) is 0.912. The molecule has 1 aromatic carbocycles. The van der Waals surface area contributed by atoms with E-state index in [0.717, 1.165) is 12.1 Å². The number of nitrogens with one attached hydrogen (secondary N) is 2. The van der Waals surface area contributed by atoms with Crippen LogP contribution in [0.25, 0.3) is 0 Å². The van der Waals surface area contributed by atoms with E-state index in [1.54, 1.807) is 13.8 Å². The van der Waals surface area contributed by atoms with Crippen molar-refractivity contribution in [2.24, 2.45) is 0 Å². The van der Waals surface area contributed by atoms with Crippen LogP contribution in [0, 0.1) is 19.7 Å². The van der Waals surface area contributed by atoms with Crippen LogP contribution < -0.4 is 10.1 Å². The molecule has 2 N–H and O–H groups in total. The molecule has 1 heterocycles. The second-order valence-electron chi connectivity index (χ2n) is 4.29. The fourth-order valence-corrected chi connectivity index (χ4v) is 1.85. The molecule has 1 aromatic heterocycles.